The molecule has 1 aromatic carbocycles. The normalized spacial score (nSPS) is 12.8. The lowest BCUT2D eigenvalue weighted by atomic mass is 10.1. The van der Waals surface area contributed by atoms with Crippen molar-refractivity contribution in [3.63, 3.8) is 0 Å². The fraction of sp³-hybridized carbons (Fsp3) is 0.467. The van der Waals surface area contributed by atoms with E-state index in [4.69, 9.17) is 10.3 Å². The fourth-order valence-corrected chi connectivity index (χ4v) is 2.10. The SMILES string of the molecule is CCN(CC)CCc1noc([C@H](N)c2ccccc2)n1. The molecule has 0 radical (unpaired) electrons. The van der Waals surface area contributed by atoms with Crippen LogP contribution in [0, 0.1) is 0 Å². The van der Waals surface area contributed by atoms with Gasteiger partial charge in [0.25, 0.3) is 0 Å². The average Bonchev–Trinajstić information content (AvgIpc) is 2.97. The summed E-state index contributed by atoms with van der Waals surface area (Å²) in [6.45, 7) is 7.30. The number of nitrogens with two attached hydrogens (primary N) is 1. The van der Waals surface area contributed by atoms with E-state index in [1.165, 1.54) is 0 Å². The minimum atomic E-state index is -0.356. The number of aromatic nitrogens is 2. The van der Waals surface area contributed by atoms with Gasteiger partial charge in [-0.05, 0) is 18.7 Å². The first kappa shape index (κ1) is 14.7. The van der Waals surface area contributed by atoms with Crippen molar-refractivity contribution in [3.05, 3.63) is 47.6 Å². The van der Waals surface area contributed by atoms with Gasteiger partial charge in [0.15, 0.2) is 5.82 Å². The highest BCUT2D eigenvalue weighted by Crippen LogP contribution is 2.17. The van der Waals surface area contributed by atoms with Crippen molar-refractivity contribution in [1.29, 1.82) is 0 Å². The number of nitrogens with zero attached hydrogens (tertiary/aromatic N) is 3. The molecule has 0 aliphatic rings. The molecule has 5 heteroatoms. The van der Waals surface area contributed by atoms with Crippen LogP contribution in [-0.2, 0) is 6.42 Å². The van der Waals surface area contributed by atoms with Crippen molar-refractivity contribution in [2.75, 3.05) is 19.6 Å². The van der Waals surface area contributed by atoms with Gasteiger partial charge in [-0.25, -0.2) is 0 Å². The Labute approximate surface area is 119 Å². The van der Waals surface area contributed by atoms with E-state index in [0.29, 0.717) is 5.89 Å². The number of benzene rings is 1. The molecule has 2 aromatic rings. The minimum Gasteiger partial charge on any atom is -0.337 e. The summed E-state index contributed by atoms with van der Waals surface area (Å²) in [5.74, 6) is 1.20. The topological polar surface area (TPSA) is 68.2 Å². The fourth-order valence-electron chi connectivity index (χ4n) is 2.10. The van der Waals surface area contributed by atoms with Crippen LogP contribution in [0.4, 0.5) is 0 Å². The second-order valence-electron chi connectivity index (χ2n) is 4.71. The molecule has 20 heavy (non-hydrogen) atoms. The van der Waals surface area contributed by atoms with Gasteiger partial charge in [0, 0.05) is 13.0 Å². The Hall–Kier alpha value is -1.72. The van der Waals surface area contributed by atoms with E-state index in [2.05, 4.69) is 28.9 Å². The summed E-state index contributed by atoms with van der Waals surface area (Å²) in [6.07, 6.45) is 0.784. The lowest BCUT2D eigenvalue weighted by Gasteiger charge is -2.16. The van der Waals surface area contributed by atoms with Crippen LogP contribution in [-0.4, -0.2) is 34.7 Å². The molecular weight excluding hydrogens is 252 g/mol. The first-order valence-corrected chi connectivity index (χ1v) is 7.10. The molecule has 0 amide bonds. The Balaban J connectivity index is 1.98. The highest BCUT2D eigenvalue weighted by molar-refractivity contribution is 5.22. The van der Waals surface area contributed by atoms with Crippen molar-refractivity contribution in [1.82, 2.24) is 15.0 Å². The molecule has 0 saturated heterocycles. The number of rotatable bonds is 7. The van der Waals surface area contributed by atoms with Crippen LogP contribution >= 0.6 is 0 Å². The van der Waals surface area contributed by atoms with Gasteiger partial charge in [0.05, 0.1) is 0 Å². The van der Waals surface area contributed by atoms with E-state index in [9.17, 15) is 0 Å². The molecule has 1 heterocycles. The van der Waals surface area contributed by atoms with E-state index in [-0.39, 0.29) is 6.04 Å². The van der Waals surface area contributed by atoms with Crippen LogP contribution in [0.15, 0.2) is 34.9 Å². The number of likely N-dealkylation sites (N-methyl/N-ethyl adjacent to an activating group) is 1. The Morgan fingerprint density at radius 1 is 1.20 bits per heavy atom. The standard InChI is InChI=1S/C15H22N4O/c1-3-19(4-2)11-10-13-17-15(20-18-13)14(16)12-8-6-5-7-9-12/h5-9,14H,3-4,10-11,16H2,1-2H3/t14-/m1/s1. The monoisotopic (exact) mass is 274 g/mol. The van der Waals surface area contributed by atoms with Gasteiger partial charge < -0.3 is 15.2 Å². The summed E-state index contributed by atoms with van der Waals surface area (Å²) >= 11 is 0. The van der Waals surface area contributed by atoms with Gasteiger partial charge in [-0.1, -0.05) is 49.3 Å². The zero-order valence-electron chi connectivity index (χ0n) is 12.1. The molecule has 0 fully saturated rings. The molecule has 0 spiro atoms. The Morgan fingerprint density at radius 3 is 2.55 bits per heavy atom. The smallest absolute Gasteiger partial charge is 0.248 e. The van der Waals surface area contributed by atoms with E-state index >= 15 is 0 Å². The predicted molar refractivity (Wildman–Crippen MR) is 78.3 cm³/mol. The zero-order valence-corrected chi connectivity index (χ0v) is 12.1. The molecule has 0 aliphatic carbocycles. The number of hydrogen-bond acceptors (Lipinski definition) is 5. The third-order valence-electron chi connectivity index (χ3n) is 3.45. The summed E-state index contributed by atoms with van der Waals surface area (Å²) in [5, 5.41) is 4.01. The lowest BCUT2D eigenvalue weighted by Crippen LogP contribution is -2.25. The van der Waals surface area contributed by atoms with Crippen LogP contribution in [0.3, 0.4) is 0 Å². The van der Waals surface area contributed by atoms with Crippen LogP contribution in [0.1, 0.15) is 37.2 Å². The molecule has 0 unspecified atom stereocenters. The summed E-state index contributed by atoms with van der Waals surface area (Å²) in [5.41, 5.74) is 7.11. The molecule has 0 aliphatic heterocycles. The van der Waals surface area contributed by atoms with Crippen molar-refractivity contribution in [2.45, 2.75) is 26.3 Å². The third-order valence-corrected chi connectivity index (χ3v) is 3.45. The van der Waals surface area contributed by atoms with Crippen molar-refractivity contribution >= 4 is 0 Å². The third kappa shape index (κ3) is 3.65. The summed E-state index contributed by atoms with van der Waals surface area (Å²) in [7, 11) is 0. The molecule has 108 valence electrons. The molecule has 1 atom stereocenters. The number of hydrogen-bond donors (Lipinski definition) is 1. The van der Waals surface area contributed by atoms with E-state index in [1.807, 2.05) is 30.3 Å². The predicted octanol–water partition coefficient (Wildman–Crippen LogP) is 2.00. The quantitative estimate of drug-likeness (QED) is 0.836. The van der Waals surface area contributed by atoms with Crippen molar-refractivity contribution in [3.8, 4) is 0 Å². The first-order chi connectivity index (χ1) is 9.74. The van der Waals surface area contributed by atoms with Crippen LogP contribution in [0.5, 0.6) is 0 Å². The van der Waals surface area contributed by atoms with E-state index < -0.39 is 0 Å². The highest BCUT2D eigenvalue weighted by atomic mass is 16.5. The Bertz CT molecular complexity index is 508. The van der Waals surface area contributed by atoms with Crippen molar-refractivity contribution < 1.29 is 4.52 Å². The van der Waals surface area contributed by atoms with Gasteiger partial charge in [-0.15, -0.1) is 0 Å². The van der Waals surface area contributed by atoms with Crippen molar-refractivity contribution in [2.24, 2.45) is 5.73 Å². The average molecular weight is 274 g/mol. The van der Waals surface area contributed by atoms with Gasteiger partial charge in [0.1, 0.15) is 6.04 Å². The van der Waals surface area contributed by atoms with Gasteiger partial charge in [0.2, 0.25) is 5.89 Å². The first-order valence-electron chi connectivity index (χ1n) is 7.10. The highest BCUT2D eigenvalue weighted by Gasteiger charge is 2.16. The van der Waals surface area contributed by atoms with Gasteiger partial charge in [-0.2, -0.15) is 4.98 Å². The Kier molecular flexibility index (Phi) is 5.26. The molecule has 0 bridgehead atoms. The summed E-state index contributed by atoms with van der Waals surface area (Å²) in [4.78, 5) is 6.72. The maximum atomic E-state index is 6.13. The minimum absolute atomic E-state index is 0.356. The lowest BCUT2D eigenvalue weighted by molar-refractivity contribution is 0.302. The zero-order chi connectivity index (χ0) is 14.4. The molecule has 2 rings (SSSR count). The largest absolute Gasteiger partial charge is 0.337 e. The van der Waals surface area contributed by atoms with E-state index in [1.54, 1.807) is 0 Å². The van der Waals surface area contributed by atoms with Crippen LogP contribution < -0.4 is 5.73 Å². The molecule has 1 aromatic heterocycles. The van der Waals surface area contributed by atoms with Gasteiger partial charge in [-0.3, -0.25) is 0 Å². The summed E-state index contributed by atoms with van der Waals surface area (Å²) in [6, 6.07) is 9.43. The molecular formula is C15H22N4O. The second-order valence-corrected chi connectivity index (χ2v) is 4.71. The van der Waals surface area contributed by atoms with Crippen LogP contribution in [0.2, 0.25) is 0 Å². The van der Waals surface area contributed by atoms with Crippen LogP contribution in [0.25, 0.3) is 0 Å². The maximum absolute atomic E-state index is 6.13. The van der Waals surface area contributed by atoms with E-state index in [0.717, 1.165) is 37.4 Å². The maximum Gasteiger partial charge on any atom is 0.248 e. The summed E-state index contributed by atoms with van der Waals surface area (Å²) < 4.78 is 5.28. The molecule has 5 nitrogen and oxygen atoms in total. The Morgan fingerprint density at radius 2 is 1.90 bits per heavy atom. The molecule has 0 saturated carbocycles. The van der Waals surface area contributed by atoms with Gasteiger partial charge >= 0.3 is 0 Å². The second kappa shape index (κ2) is 7.17. The molecule has 2 N–H and O–H groups in total.